The van der Waals surface area contributed by atoms with Gasteiger partial charge < -0.3 is 15.8 Å². The van der Waals surface area contributed by atoms with Crippen LogP contribution in [-0.2, 0) is 9.53 Å². The summed E-state index contributed by atoms with van der Waals surface area (Å²) in [5.74, 6) is -1.03. The van der Waals surface area contributed by atoms with E-state index >= 15 is 0 Å². The van der Waals surface area contributed by atoms with E-state index in [4.69, 9.17) is 22.1 Å². The molecule has 1 saturated heterocycles. The maximum atomic E-state index is 13.8. The van der Waals surface area contributed by atoms with Gasteiger partial charge in [-0.1, -0.05) is 31.5 Å². The quantitative estimate of drug-likeness (QED) is 0.882. The molecule has 3 rings (SSSR count). The molecule has 2 fully saturated rings. The van der Waals surface area contributed by atoms with E-state index in [1.54, 1.807) is 0 Å². The van der Waals surface area contributed by atoms with Crippen molar-refractivity contribution in [2.75, 3.05) is 11.9 Å². The van der Waals surface area contributed by atoms with E-state index in [0.717, 1.165) is 6.42 Å². The summed E-state index contributed by atoms with van der Waals surface area (Å²) >= 11 is 5.95. The van der Waals surface area contributed by atoms with Crippen molar-refractivity contribution in [2.45, 2.75) is 31.9 Å². The first kappa shape index (κ1) is 14.8. The highest BCUT2D eigenvalue weighted by molar-refractivity contribution is 6.33. The monoisotopic (exact) mass is 312 g/mol. The normalized spacial score (nSPS) is 33.2. The summed E-state index contributed by atoms with van der Waals surface area (Å²) in [5.41, 5.74) is 4.79. The largest absolute Gasteiger partial charge is 0.377 e. The highest BCUT2D eigenvalue weighted by atomic mass is 35.5. The molecule has 4 nitrogen and oxygen atoms in total. The third kappa shape index (κ3) is 1.84. The van der Waals surface area contributed by atoms with Crippen molar-refractivity contribution in [1.29, 1.82) is 0 Å². The van der Waals surface area contributed by atoms with Crippen LogP contribution in [0.15, 0.2) is 18.2 Å². The number of anilines is 1. The van der Waals surface area contributed by atoms with Gasteiger partial charge in [0.15, 0.2) is 0 Å². The predicted octanol–water partition coefficient (Wildman–Crippen LogP) is 2.56. The molecule has 114 valence electrons. The number of amides is 1. The van der Waals surface area contributed by atoms with Gasteiger partial charge in [0.25, 0.3) is 0 Å². The van der Waals surface area contributed by atoms with Crippen molar-refractivity contribution in [1.82, 2.24) is 0 Å². The standard InChI is InChI=1S/C15H18ClFN2O2/c1-14(2)12-8(6-7-21-12)15(14,18)13(20)19-11-9(16)4-3-5-10(11)17/h3-5,8,12H,6-7,18H2,1-2H3,(H,19,20). The molecule has 0 aromatic heterocycles. The zero-order chi connectivity index (χ0) is 15.4. The third-order valence-electron chi connectivity index (χ3n) is 5.03. The van der Waals surface area contributed by atoms with Crippen molar-refractivity contribution in [3.05, 3.63) is 29.0 Å². The van der Waals surface area contributed by atoms with Crippen LogP contribution in [0.25, 0.3) is 0 Å². The first-order valence-electron chi connectivity index (χ1n) is 6.96. The lowest BCUT2D eigenvalue weighted by atomic mass is 9.48. The molecule has 3 unspecified atom stereocenters. The maximum Gasteiger partial charge on any atom is 0.245 e. The second kappa shape index (κ2) is 4.66. The van der Waals surface area contributed by atoms with Crippen LogP contribution in [0.3, 0.4) is 0 Å². The Morgan fingerprint density at radius 1 is 1.52 bits per heavy atom. The second-order valence-electron chi connectivity index (χ2n) is 6.33. The van der Waals surface area contributed by atoms with E-state index in [-0.39, 0.29) is 22.7 Å². The number of benzene rings is 1. The Hall–Kier alpha value is -1.17. The summed E-state index contributed by atoms with van der Waals surface area (Å²) in [7, 11) is 0. The minimum absolute atomic E-state index is 0.0212. The summed E-state index contributed by atoms with van der Waals surface area (Å²) in [4.78, 5) is 12.7. The first-order chi connectivity index (χ1) is 9.80. The highest BCUT2D eigenvalue weighted by Crippen LogP contribution is 2.58. The lowest BCUT2D eigenvalue weighted by molar-refractivity contribution is -0.170. The molecule has 3 atom stereocenters. The number of nitrogens with two attached hydrogens (primary N) is 1. The van der Waals surface area contributed by atoms with E-state index in [0.29, 0.717) is 6.61 Å². The summed E-state index contributed by atoms with van der Waals surface area (Å²) in [6.45, 7) is 4.41. The molecule has 1 amide bonds. The van der Waals surface area contributed by atoms with Crippen molar-refractivity contribution in [3.8, 4) is 0 Å². The van der Waals surface area contributed by atoms with Crippen LogP contribution in [-0.4, -0.2) is 24.2 Å². The number of hydrogen-bond donors (Lipinski definition) is 2. The number of fused-ring (bicyclic) bond motifs is 1. The first-order valence-corrected chi connectivity index (χ1v) is 7.34. The smallest absolute Gasteiger partial charge is 0.245 e. The van der Waals surface area contributed by atoms with E-state index in [9.17, 15) is 9.18 Å². The van der Waals surface area contributed by atoms with Crippen LogP contribution in [0.5, 0.6) is 0 Å². The summed E-state index contributed by atoms with van der Waals surface area (Å²) in [6.07, 6.45) is 0.715. The summed E-state index contributed by atoms with van der Waals surface area (Å²) in [6, 6.07) is 4.26. The number of rotatable bonds is 2. The Labute approximate surface area is 127 Å². The van der Waals surface area contributed by atoms with E-state index in [1.165, 1.54) is 18.2 Å². The van der Waals surface area contributed by atoms with Crippen LogP contribution < -0.4 is 11.1 Å². The fourth-order valence-corrected chi connectivity index (χ4v) is 3.89. The molecule has 1 aliphatic heterocycles. The Bertz CT molecular complexity index is 587. The van der Waals surface area contributed by atoms with Crippen molar-refractivity contribution < 1.29 is 13.9 Å². The van der Waals surface area contributed by atoms with Gasteiger partial charge in [-0.2, -0.15) is 0 Å². The summed E-state index contributed by atoms with van der Waals surface area (Å²) in [5, 5.41) is 2.72. The molecule has 1 aliphatic carbocycles. The molecule has 6 heteroatoms. The van der Waals surface area contributed by atoms with Crippen molar-refractivity contribution in [2.24, 2.45) is 17.1 Å². The number of halogens is 2. The highest BCUT2D eigenvalue weighted by Gasteiger charge is 2.71. The molecule has 1 aromatic carbocycles. The topological polar surface area (TPSA) is 64.3 Å². The second-order valence-corrected chi connectivity index (χ2v) is 6.74. The SMILES string of the molecule is CC1(C)C2OCCC2C1(N)C(=O)Nc1c(F)cccc1Cl. The molecule has 0 radical (unpaired) electrons. The number of carbonyl (C=O) groups excluding carboxylic acids is 1. The van der Waals surface area contributed by atoms with Gasteiger partial charge in [-0.15, -0.1) is 0 Å². The minimum Gasteiger partial charge on any atom is -0.377 e. The molecular formula is C15H18ClFN2O2. The van der Waals surface area contributed by atoms with Crippen molar-refractivity contribution in [3.63, 3.8) is 0 Å². The number of carbonyl (C=O) groups is 1. The average Bonchev–Trinajstić information content (AvgIpc) is 2.90. The van der Waals surface area contributed by atoms with Gasteiger partial charge >= 0.3 is 0 Å². The van der Waals surface area contributed by atoms with Gasteiger partial charge in [-0.3, -0.25) is 4.79 Å². The Morgan fingerprint density at radius 2 is 2.24 bits per heavy atom. The van der Waals surface area contributed by atoms with Gasteiger partial charge in [0.1, 0.15) is 11.4 Å². The Morgan fingerprint density at radius 3 is 2.90 bits per heavy atom. The van der Waals surface area contributed by atoms with Crippen LogP contribution in [0.1, 0.15) is 20.3 Å². The van der Waals surface area contributed by atoms with Crippen LogP contribution in [0, 0.1) is 17.2 Å². The molecule has 1 heterocycles. The molecule has 1 aromatic rings. The van der Waals surface area contributed by atoms with E-state index in [1.807, 2.05) is 13.8 Å². The zero-order valence-corrected chi connectivity index (χ0v) is 12.7. The van der Waals surface area contributed by atoms with Crippen LogP contribution in [0.2, 0.25) is 5.02 Å². The summed E-state index contributed by atoms with van der Waals surface area (Å²) < 4.78 is 19.5. The molecule has 0 bridgehead atoms. The van der Waals surface area contributed by atoms with Gasteiger partial charge in [-0.25, -0.2) is 4.39 Å². The van der Waals surface area contributed by atoms with Gasteiger partial charge in [-0.05, 0) is 18.6 Å². The fraction of sp³-hybridized carbons (Fsp3) is 0.533. The lowest BCUT2D eigenvalue weighted by Crippen LogP contribution is -2.79. The van der Waals surface area contributed by atoms with Crippen LogP contribution in [0.4, 0.5) is 10.1 Å². The zero-order valence-electron chi connectivity index (χ0n) is 12.0. The number of para-hydroxylation sites is 1. The van der Waals surface area contributed by atoms with E-state index < -0.39 is 22.7 Å². The number of hydrogen-bond acceptors (Lipinski definition) is 3. The molecule has 1 saturated carbocycles. The van der Waals surface area contributed by atoms with Crippen LogP contribution >= 0.6 is 11.6 Å². The molecular weight excluding hydrogens is 295 g/mol. The number of nitrogens with one attached hydrogen (secondary N) is 1. The average molecular weight is 313 g/mol. The van der Waals surface area contributed by atoms with E-state index in [2.05, 4.69) is 5.32 Å². The molecule has 3 N–H and O–H groups in total. The number of ether oxygens (including phenoxy) is 1. The predicted molar refractivity (Wildman–Crippen MR) is 78.6 cm³/mol. The lowest BCUT2D eigenvalue weighted by Gasteiger charge is -2.60. The third-order valence-corrected chi connectivity index (χ3v) is 5.35. The fourth-order valence-electron chi connectivity index (χ4n) is 3.68. The molecule has 2 aliphatic rings. The molecule has 21 heavy (non-hydrogen) atoms. The van der Waals surface area contributed by atoms with Crippen molar-refractivity contribution >= 4 is 23.2 Å². The van der Waals surface area contributed by atoms with Gasteiger partial charge in [0.2, 0.25) is 5.91 Å². The minimum atomic E-state index is -1.08. The molecule has 0 spiro atoms. The van der Waals surface area contributed by atoms with Gasteiger partial charge in [0.05, 0.1) is 16.8 Å². The maximum absolute atomic E-state index is 13.8. The Balaban J connectivity index is 1.89. The Kier molecular flexibility index (Phi) is 3.28. The van der Waals surface area contributed by atoms with Gasteiger partial charge in [0, 0.05) is 17.9 Å².